The lowest BCUT2D eigenvalue weighted by molar-refractivity contribution is 0.345. The third-order valence-corrected chi connectivity index (χ3v) is 5.40. The molecule has 0 spiro atoms. The van der Waals surface area contributed by atoms with Crippen LogP contribution in [0.2, 0.25) is 0 Å². The Hall–Kier alpha value is 0.170. The number of aryl methyl sites for hydroxylation is 2. The molecular formula is C11H18Br2N2. The maximum Gasteiger partial charge on any atom is 0.0521 e. The summed E-state index contributed by atoms with van der Waals surface area (Å²) in [6, 6.07) is 0. The van der Waals surface area contributed by atoms with Crippen LogP contribution in [-0.4, -0.2) is 20.4 Å². The summed E-state index contributed by atoms with van der Waals surface area (Å²) in [7, 11) is 1.96. The summed E-state index contributed by atoms with van der Waals surface area (Å²) in [4.78, 5) is 0. The van der Waals surface area contributed by atoms with Gasteiger partial charge in [0.2, 0.25) is 0 Å². The molecule has 0 radical (unpaired) electrons. The summed E-state index contributed by atoms with van der Waals surface area (Å²) >= 11 is 7.24. The minimum atomic E-state index is 0.385. The van der Waals surface area contributed by atoms with E-state index in [-0.39, 0.29) is 0 Å². The molecule has 4 heteroatoms. The van der Waals surface area contributed by atoms with Crippen LogP contribution < -0.4 is 0 Å². The van der Waals surface area contributed by atoms with Gasteiger partial charge in [0.1, 0.15) is 0 Å². The van der Waals surface area contributed by atoms with E-state index in [0.717, 1.165) is 17.1 Å². The Morgan fingerprint density at radius 1 is 1.40 bits per heavy atom. The molecule has 0 saturated heterocycles. The lowest BCUT2D eigenvalue weighted by atomic mass is 9.84. The summed E-state index contributed by atoms with van der Waals surface area (Å²) in [5, 5.41) is 6.30. The van der Waals surface area contributed by atoms with Crippen molar-refractivity contribution in [3.63, 3.8) is 0 Å². The third-order valence-electron chi connectivity index (χ3n) is 3.02. The second kappa shape index (κ2) is 6.04. The first-order chi connectivity index (χ1) is 7.15. The summed E-state index contributed by atoms with van der Waals surface area (Å²) in [6.45, 7) is 2.26. The van der Waals surface area contributed by atoms with Crippen LogP contribution in [0.4, 0.5) is 0 Å². The molecule has 0 amide bonds. The van der Waals surface area contributed by atoms with Crippen molar-refractivity contribution in [1.29, 1.82) is 0 Å². The molecule has 0 fully saturated rings. The van der Waals surface area contributed by atoms with Crippen molar-refractivity contribution >= 4 is 31.9 Å². The van der Waals surface area contributed by atoms with Gasteiger partial charge in [-0.25, -0.2) is 0 Å². The summed E-state index contributed by atoms with van der Waals surface area (Å²) in [6.07, 6.45) is 7.57. The van der Waals surface area contributed by atoms with Gasteiger partial charge in [-0.15, -0.1) is 0 Å². The number of halogens is 2. The number of hydrogen-bond donors (Lipinski definition) is 0. The van der Waals surface area contributed by atoms with Gasteiger partial charge >= 0.3 is 0 Å². The predicted octanol–water partition coefficient (Wildman–Crippen LogP) is 3.54. The van der Waals surface area contributed by atoms with Crippen LogP contribution in [-0.2, 0) is 13.5 Å². The fourth-order valence-electron chi connectivity index (χ4n) is 1.55. The lowest BCUT2D eigenvalue weighted by Crippen LogP contribution is -2.24. The highest BCUT2D eigenvalue weighted by Crippen LogP contribution is 2.32. The van der Waals surface area contributed by atoms with E-state index in [0.29, 0.717) is 5.41 Å². The van der Waals surface area contributed by atoms with Crippen LogP contribution in [0.1, 0.15) is 25.3 Å². The van der Waals surface area contributed by atoms with Crippen molar-refractivity contribution in [2.75, 3.05) is 10.7 Å². The van der Waals surface area contributed by atoms with Crippen LogP contribution in [0, 0.1) is 5.41 Å². The molecule has 0 unspecified atom stereocenters. The number of rotatable bonds is 6. The molecule has 1 heterocycles. The first kappa shape index (κ1) is 13.2. The molecule has 0 atom stereocenters. The molecule has 0 N–H and O–H groups in total. The van der Waals surface area contributed by atoms with Gasteiger partial charge in [-0.05, 0) is 30.2 Å². The third kappa shape index (κ3) is 3.59. The standard InChI is InChI=1S/C11H18Br2N2/c1-3-11(8-12,9-13)5-4-10-6-14-15(2)7-10/h6-7H,3-5,8-9H2,1-2H3. The van der Waals surface area contributed by atoms with E-state index in [1.807, 2.05) is 17.9 Å². The van der Waals surface area contributed by atoms with Crippen LogP contribution in [0.3, 0.4) is 0 Å². The van der Waals surface area contributed by atoms with Gasteiger partial charge in [0.15, 0.2) is 0 Å². The average molecular weight is 338 g/mol. The van der Waals surface area contributed by atoms with Gasteiger partial charge in [-0.1, -0.05) is 38.8 Å². The Morgan fingerprint density at radius 2 is 2.07 bits per heavy atom. The van der Waals surface area contributed by atoms with Gasteiger partial charge < -0.3 is 0 Å². The Balaban J connectivity index is 2.54. The largest absolute Gasteiger partial charge is 0.276 e. The fourth-order valence-corrected chi connectivity index (χ4v) is 3.83. The molecule has 0 aliphatic carbocycles. The van der Waals surface area contributed by atoms with E-state index >= 15 is 0 Å². The maximum atomic E-state index is 4.19. The van der Waals surface area contributed by atoms with E-state index < -0.39 is 0 Å². The molecule has 1 aromatic rings. The number of nitrogens with zero attached hydrogens (tertiary/aromatic N) is 2. The molecule has 0 bridgehead atoms. The van der Waals surface area contributed by atoms with Crippen molar-refractivity contribution in [3.8, 4) is 0 Å². The SMILES string of the molecule is CCC(CBr)(CBr)CCc1cnn(C)c1. The Kier molecular flexibility index (Phi) is 5.33. The zero-order chi connectivity index (χ0) is 11.3. The van der Waals surface area contributed by atoms with E-state index in [1.54, 1.807) is 0 Å². The second-order valence-corrected chi connectivity index (χ2v) is 5.26. The Labute approximate surface area is 109 Å². The molecule has 86 valence electrons. The fraction of sp³-hybridized carbons (Fsp3) is 0.727. The van der Waals surface area contributed by atoms with E-state index in [1.165, 1.54) is 18.4 Å². The van der Waals surface area contributed by atoms with Crippen LogP contribution in [0.15, 0.2) is 12.4 Å². The van der Waals surface area contributed by atoms with Gasteiger partial charge in [0, 0.05) is 23.9 Å². The average Bonchev–Trinajstić information content (AvgIpc) is 2.67. The highest BCUT2D eigenvalue weighted by atomic mass is 79.9. The molecule has 0 aliphatic heterocycles. The first-order valence-corrected chi connectivity index (χ1v) is 7.49. The molecule has 2 nitrogen and oxygen atoms in total. The predicted molar refractivity (Wildman–Crippen MR) is 71.8 cm³/mol. The quantitative estimate of drug-likeness (QED) is 0.726. The lowest BCUT2D eigenvalue weighted by Gasteiger charge is -2.28. The van der Waals surface area contributed by atoms with E-state index in [4.69, 9.17) is 0 Å². The molecule has 1 aromatic heterocycles. The number of alkyl halides is 2. The molecule has 0 saturated carbocycles. The van der Waals surface area contributed by atoms with Crippen molar-refractivity contribution in [2.24, 2.45) is 12.5 Å². The normalized spacial score (nSPS) is 12.0. The molecule has 15 heavy (non-hydrogen) atoms. The minimum Gasteiger partial charge on any atom is -0.276 e. The van der Waals surface area contributed by atoms with Gasteiger partial charge in [0.25, 0.3) is 0 Å². The van der Waals surface area contributed by atoms with Crippen LogP contribution in [0.25, 0.3) is 0 Å². The van der Waals surface area contributed by atoms with Crippen molar-refractivity contribution in [3.05, 3.63) is 18.0 Å². The molecule has 0 aliphatic rings. The van der Waals surface area contributed by atoms with Crippen LogP contribution in [0.5, 0.6) is 0 Å². The number of hydrogen-bond acceptors (Lipinski definition) is 1. The van der Waals surface area contributed by atoms with E-state index in [9.17, 15) is 0 Å². The molecular weight excluding hydrogens is 320 g/mol. The summed E-state index contributed by atoms with van der Waals surface area (Å²) in [5.74, 6) is 0. The van der Waals surface area contributed by atoms with Crippen LogP contribution >= 0.6 is 31.9 Å². The summed E-state index contributed by atoms with van der Waals surface area (Å²) in [5.41, 5.74) is 1.72. The van der Waals surface area contributed by atoms with Gasteiger partial charge in [0.05, 0.1) is 6.20 Å². The zero-order valence-electron chi connectivity index (χ0n) is 9.34. The smallest absolute Gasteiger partial charge is 0.0521 e. The van der Waals surface area contributed by atoms with Crippen molar-refractivity contribution < 1.29 is 0 Å². The summed E-state index contributed by atoms with van der Waals surface area (Å²) < 4.78 is 1.87. The molecule has 1 rings (SSSR count). The maximum absolute atomic E-state index is 4.19. The molecule has 0 aromatic carbocycles. The van der Waals surface area contributed by atoms with Crippen molar-refractivity contribution in [2.45, 2.75) is 26.2 Å². The first-order valence-electron chi connectivity index (χ1n) is 5.25. The topological polar surface area (TPSA) is 17.8 Å². The Bertz CT molecular complexity index is 284. The highest BCUT2D eigenvalue weighted by molar-refractivity contribution is 9.09. The monoisotopic (exact) mass is 336 g/mol. The highest BCUT2D eigenvalue weighted by Gasteiger charge is 2.25. The minimum absolute atomic E-state index is 0.385. The second-order valence-electron chi connectivity index (χ2n) is 4.14. The van der Waals surface area contributed by atoms with E-state index in [2.05, 4.69) is 50.1 Å². The van der Waals surface area contributed by atoms with Crippen molar-refractivity contribution in [1.82, 2.24) is 9.78 Å². The Morgan fingerprint density at radius 3 is 2.47 bits per heavy atom. The van der Waals surface area contributed by atoms with Gasteiger partial charge in [-0.3, -0.25) is 4.68 Å². The zero-order valence-corrected chi connectivity index (χ0v) is 12.5. The number of aromatic nitrogens is 2. The van der Waals surface area contributed by atoms with Gasteiger partial charge in [-0.2, -0.15) is 5.10 Å².